The van der Waals surface area contributed by atoms with Gasteiger partial charge in [0.05, 0.1) is 26.0 Å². The van der Waals surface area contributed by atoms with Gasteiger partial charge in [0.2, 0.25) is 0 Å². The van der Waals surface area contributed by atoms with Gasteiger partial charge >= 0.3 is 0 Å². The first-order chi connectivity index (χ1) is 14.3. The van der Waals surface area contributed by atoms with E-state index in [2.05, 4.69) is 32.2 Å². The largest absolute Gasteiger partial charge is 0.379 e. The Kier molecular flexibility index (Phi) is 5.16. The molecule has 29 heavy (non-hydrogen) atoms. The van der Waals surface area contributed by atoms with Gasteiger partial charge < -0.3 is 9.72 Å². The summed E-state index contributed by atoms with van der Waals surface area (Å²) in [5.41, 5.74) is 4.39. The SMILES string of the molecule is O=C1CCC(c2cnc3[nH]cc(-c4cnn(CCN5CCOCC5)c4)c3c2)CC1. The smallest absolute Gasteiger partial charge is 0.137 e. The van der Waals surface area contributed by atoms with Gasteiger partial charge in [-0.15, -0.1) is 0 Å². The molecule has 0 spiro atoms. The number of aromatic amines is 1. The molecule has 152 valence electrons. The van der Waals surface area contributed by atoms with Crippen LogP contribution in [-0.4, -0.2) is 63.3 Å². The lowest BCUT2D eigenvalue weighted by Crippen LogP contribution is -2.38. The second-order valence-corrected chi connectivity index (χ2v) is 8.13. The molecule has 0 radical (unpaired) electrons. The Morgan fingerprint density at radius 3 is 2.79 bits per heavy atom. The molecule has 3 aromatic rings. The summed E-state index contributed by atoms with van der Waals surface area (Å²) in [4.78, 5) is 21.9. The fourth-order valence-electron chi connectivity index (χ4n) is 4.45. The maximum Gasteiger partial charge on any atom is 0.137 e. The van der Waals surface area contributed by atoms with Crippen LogP contribution in [0.3, 0.4) is 0 Å². The number of nitrogens with zero attached hydrogens (tertiary/aromatic N) is 4. The van der Waals surface area contributed by atoms with Crippen LogP contribution in [-0.2, 0) is 16.1 Å². The van der Waals surface area contributed by atoms with Gasteiger partial charge in [-0.05, 0) is 30.4 Å². The standard InChI is InChI=1S/C22H27N5O2/c28-19-3-1-16(2-4-19)17-11-20-21(14-24-22(20)23-12-17)18-13-25-27(15-18)6-5-26-7-9-29-10-8-26/h11-16H,1-10H2,(H,23,24). The average molecular weight is 393 g/mol. The summed E-state index contributed by atoms with van der Waals surface area (Å²) in [5, 5.41) is 5.70. The van der Waals surface area contributed by atoms with Gasteiger partial charge in [-0.2, -0.15) is 5.10 Å². The zero-order chi connectivity index (χ0) is 19.6. The van der Waals surface area contributed by atoms with Crippen molar-refractivity contribution in [2.24, 2.45) is 0 Å². The highest BCUT2D eigenvalue weighted by Crippen LogP contribution is 2.34. The molecule has 0 bridgehead atoms. The van der Waals surface area contributed by atoms with E-state index in [0.717, 1.165) is 74.4 Å². The van der Waals surface area contributed by atoms with E-state index in [9.17, 15) is 4.79 Å². The number of carbonyl (C=O) groups excluding carboxylic acids is 1. The molecule has 7 nitrogen and oxygen atoms in total. The lowest BCUT2D eigenvalue weighted by atomic mass is 9.84. The minimum Gasteiger partial charge on any atom is -0.379 e. The second kappa shape index (κ2) is 8.08. The molecule has 0 atom stereocenters. The maximum atomic E-state index is 11.6. The molecular weight excluding hydrogens is 366 g/mol. The number of carbonyl (C=O) groups is 1. The summed E-state index contributed by atoms with van der Waals surface area (Å²) in [7, 11) is 0. The fraction of sp³-hybridized carbons (Fsp3) is 0.500. The first-order valence-electron chi connectivity index (χ1n) is 10.6. The Labute approximate surface area is 170 Å². The van der Waals surface area contributed by atoms with Crippen LogP contribution in [0.5, 0.6) is 0 Å². The summed E-state index contributed by atoms with van der Waals surface area (Å²) in [5.74, 6) is 0.825. The van der Waals surface area contributed by atoms with Gasteiger partial charge in [-0.25, -0.2) is 4.98 Å². The minimum atomic E-state index is 0.391. The van der Waals surface area contributed by atoms with E-state index in [-0.39, 0.29) is 0 Å². The molecule has 1 aliphatic heterocycles. The molecule has 7 heteroatoms. The van der Waals surface area contributed by atoms with Gasteiger partial charge in [0.25, 0.3) is 0 Å². The van der Waals surface area contributed by atoms with Crippen LogP contribution in [0.25, 0.3) is 22.2 Å². The molecule has 1 N–H and O–H groups in total. The van der Waals surface area contributed by atoms with Crippen molar-refractivity contribution in [1.82, 2.24) is 24.6 Å². The maximum absolute atomic E-state index is 11.6. The summed E-state index contributed by atoms with van der Waals surface area (Å²) < 4.78 is 7.44. The number of pyridine rings is 1. The fourth-order valence-corrected chi connectivity index (χ4v) is 4.45. The topological polar surface area (TPSA) is 76.0 Å². The number of hydrogen-bond acceptors (Lipinski definition) is 5. The Balaban J connectivity index is 1.34. The highest BCUT2D eigenvalue weighted by molar-refractivity contribution is 5.93. The number of ether oxygens (including phenoxy) is 1. The summed E-state index contributed by atoms with van der Waals surface area (Å²) in [6.07, 6.45) is 11.3. The van der Waals surface area contributed by atoms with Crippen LogP contribution in [0.15, 0.2) is 30.9 Å². The number of Topliss-reactive ketones (excluding diaryl/α,β-unsaturated/α-hetero) is 1. The predicted molar refractivity (Wildman–Crippen MR) is 111 cm³/mol. The molecule has 2 fully saturated rings. The number of H-pyrrole nitrogens is 1. The van der Waals surface area contributed by atoms with E-state index >= 15 is 0 Å². The lowest BCUT2D eigenvalue weighted by Gasteiger charge is -2.26. The number of rotatable bonds is 5. The molecule has 1 saturated carbocycles. The van der Waals surface area contributed by atoms with Crippen molar-refractivity contribution in [3.05, 3.63) is 36.4 Å². The third kappa shape index (κ3) is 3.97. The van der Waals surface area contributed by atoms with Crippen LogP contribution < -0.4 is 0 Å². The minimum absolute atomic E-state index is 0.391. The van der Waals surface area contributed by atoms with Gasteiger partial charge in [0.15, 0.2) is 0 Å². The van der Waals surface area contributed by atoms with E-state index in [1.54, 1.807) is 0 Å². The van der Waals surface area contributed by atoms with E-state index < -0.39 is 0 Å². The summed E-state index contributed by atoms with van der Waals surface area (Å²) in [6.45, 7) is 5.51. The molecule has 5 rings (SSSR count). The lowest BCUT2D eigenvalue weighted by molar-refractivity contribution is -0.120. The molecule has 3 aromatic heterocycles. The van der Waals surface area contributed by atoms with Crippen molar-refractivity contribution in [3.63, 3.8) is 0 Å². The van der Waals surface area contributed by atoms with Crippen molar-refractivity contribution >= 4 is 16.8 Å². The zero-order valence-corrected chi connectivity index (χ0v) is 16.6. The molecule has 0 unspecified atom stereocenters. The molecule has 0 amide bonds. The van der Waals surface area contributed by atoms with Gasteiger partial charge in [-0.3, -0.25) is 14.4 Å². The van der Waals surface area contributed by atoms with Gasteiger partial charge in [0.1, 0.15) is 11.4 Å². The molecule has 0 aromatic carbocycles. The van der Waals surface area contributed by atoms with E-state index in [4.69, 9.17) is 4.74 Å². The molecule has 1 aliphatic carbocycles. The summed E-state index contributed by atoms with van der Waals surface area (Å²) in [6, 6.07) is 2.25. The number of ketones is 1. The van der Waals surface area contributed by atoms with Crippen molar-refractivity contribution in [3.8, 4) is 11.1 Å². The Morgan fingerprint density at radius 1 is 1.14 bits per heavy atom. The van der Waals surface area contributed by atoms with Crippen LogP contribution >= 0.6 is 0 Å². The normalized spacial score (nSPS) is 19.2. The van der Waals surface area contributed by atoms with E-state index in [1.165, 1.54) is 5.56 Å². The molecule has 4 heterocycles. The highest BCUT2D eigenvalue weighted by atomic mass is 16.5. The van der Waals surface area contributed by atoms with E-state index in [0.29, 0.717) is 24.5 Å². The number of fused-ring (bicyclic) bond motifs is 1. The van der Waals surface area contributed by atoms with Crippen LogP contribution in [0.1, 0.15) is 37.2 Å². The monoisotopic (exact) mass is 393 g/mol. The Morgan fingerprint density at radius 2 is 1.97 bits per heavy atom. The van der Waals surface area contributed by atoms with Crippen LogP contribution in [0.4, 0.5) is 0 Å². The van der Waals surface area contributed by atoms with Crippen molar-refractivity contribution in [2.45, 2.75) is 38.1 Å². The second-order valence-electron chi connectivity index (χ2n) is 8.13. The van der Waals surface area contributed by atoms with Crippen molar-refractivity contribution in [2.75, 3.05) is 32.8 Å². The first-order valence-corrected chi connectivity index (χ1v) is 10.6. The average Bonchev–Trinajstić information content (AvgIpc) is 3.40. The first kappa shape index (κ1) is 18.5. The van der Waals surface area contributed by atoms with Gasteiger partial charge in [-0.1, -0.05) is 0 Å². The number of morpholine rings is 1. The third-order valence-electron chi connectivity index (χ3n) is 6.26. The zero-order valence-electron chi connectivity index (χ0n) is 16.6. The Hall–Kier alpha value is -2.51. The highest BCUT2D eigenvalue weighted by Gasteiger charge is 2.21. The van der Waals surface area contributed by atoms with Crippen molar-refractivity contribution in [1.29, 1.82) is 0 Å². The quantitative estimate of drug-likeness (QED) is 0.721. The van der Waals surface area contributed by atoms with E-state index in [1.807, 2.05) is 23.3 Å². The molecular formula is C22H27N5O2. The van der Waals surface area contributed by atoms with Gasteiger partial charge in [0, 0.05) is 67.6 Å². The number of hydrogen-bond donors (Lipinski definition) is 1. The number of nitrogens with one attached hydrogen (secondary N) is 1. The molecule has 2 aliphatic rings. The molecule has 1 saturated heterocycles. The number of aromatic nitrogens is 4. The third-order valence-corrected chi connectivity index (χ3v) is 6.26. The summed E-state index contributed by atoms with van der Waals surface area (Å²) >= 11 is 0. The van der Waals surface area contributed by atoms with Crippen molar-refractivity contribution < 1.29 is 9.53 Å². The van der Waals surface area contributed by atoms with Crippen LogP contribution in [0, 0.1) is 0 Å². The predicted octanol–water partition coefficient (Wildman–Crippen LogP) is 2.99. The Bertz CT molecular complexity index is 992. The van der Waals surface area contributed by atoms with Crippen LogP contribution in [0.2, 0.25) is 0 Å².